The summed E-state index contributed by atoms with van der Waals surface area (Å²) in [5, 5.41) is 9.33. The smallest absolute Gasteiger partial charge is 0.317 e. The number of aromatic nitrogens is 4. The number of thioether (sulfide) groups is 1. The third-order valence-corrected chi connectivity index (χ3v) is 4.50. The Bertz CT molecular complexity index is 643. The van der Waals surface area contributed by atoms with E-state index < -0.39 is 11.2 Å². The molecule has 0 aliphatic rings. The molecular formula is C13H19N5O2S. The first-order valence-corrected chi connectivity index (χ1v) is 7.82. The van der Waals surface area contributed by atoms with Crippen LogP contribution in [0.5, 0.6) is 0 Å². The maximum Gasteiger partial charge on any atom is 0.317 e. The number of carbonyl (C=O) groups is 1. The number of aliphatic carboxylic acids is 1. The van der Waals surface area contributed by atoms with Crippen molar-refractivity contribution in [1.82, 2.24) is 19.5 Å². The van der Waals surface area contributed by atoms with Crippen LogP contribution >= 0.6 is 11.8 Å². The van der Waals surface area contributed by atoms with E-state index in [0.29, 0.717) is 28.6 Å². The maximum atomic E-state index is 11.2. The fourth-order valence-electron chi connectivity index (χ4n) is 1.98. The van der Waals surface area contributed by atoms with Gasteiger partial charge < -0.3 is 15.4 Å². The minimum atomic E-state index is -0.837. The molecule has 0 saturated carbocycles. The van der Waals surface area contributed by atoms with Gasteiger partial charge in [-0.1, -0.05) is 32.0 Å². The summed E-state index contributed by atoms with van der Waals surface area (Å²) in [5.41, 5.74) is 7.04. The molecule has 3 N–H and O–H groups in total. The van der Waals surface area contributed by atoms with Gasteiger partial charge >= 0.3 is 5.97 Å². The van der Waals surface area contributed by atoms with Crippen LogP contribution in [0.1, 0.15) is 33.1 Å². The molecule has 0 unspecified atom stereocenters. The standard InChI is InChI=1S/C13H19N5O2S/c1-3-5-6-18-11-9(10(14)15-7-16-11)17-13(18)21-8(4-2)12(19)20/h7-8H,3-6H2,1-2H3,(H,19,20)(H2,14,15,16)/t8-/m1/s1. The van der Waals surface area contributed by atoms with Crippen molar-refractivity contribution in [1.29, 1.82) is 0 Å². The van der Waals surface area contributed by atoms with Crippen molar-refractivity contribution in [3.8, 4) is 0 Å². The Morgan fingerprint density at radius 2 is 2.24 bits per heavy atom. The van der Waals surface area contributed by atoms with Gasteiger partial charge in [0.25, 0.3) is 0 Å². The van der Waals surface area contributed by atoms with Gasteiger partial charge in [0.1, 0.15) is 11.6 Å². The monoisotopic (exact) mass is 309 g/mol. The number of carboxylic acids is 1. The number of nitrogen functional groups attached to an aromatic ring is 1. The fourth-order valence-corrected chi connectivity index (χ4v) is 2.95. The molecule has 0 aliphatic carbocycles. The number of imidazole rings is 1. The Morgan fingerprint density at radius 1 is 1.48 bits per heavy atom. The van der Waals surface area contributed by atoms with Crippen molar-refractivity contribution in [2.24, 2.45) is 0 Å². The molecule has 2 rings (SSSR count). The molecule has 0 aromatic carbocycles. The molecule has 8 heteroatoms. The molecule has 0 aliphatic heterocycles. The zero-order valence-corrected chi connectivity index (χ0v) is 12.9. The molecule has 0 spiro atoms. The quantitative estimate of drug-likeness (QED) is 0.755. The number of fused-ring (bicyclic) bond motifs is 1. The van der Waals surface area contributed by atoms with E-state index in [2.05, 4.69) is 21.9 Å². The van der Waals surface area contributed by atoms with Gasteiger partial charge in [0.05, 0.1) is 0 Å². The second-order valence-electron chi connectivity index (χ2n) is 4.68. The van der Waals surface area contributed by atoms with E-state index in [-0.39, 0.29) is 0 Å². The second-order valence-corrected chi connectivity index (χ2v) is 5.85. The highest BCUT2D eigenvalue weighted by atomic mass is 32.2. The lowest BCUT2D eigenvalue weighted by Crippen LogP contribution is -2.16. The van der Waals surface area contributed by atoms with Crippen LogP contribution in [0, 0.1) is 0 Å². The van der Waals surface area contributed by atoms with E-state index in [0.717, 1.165) is 19.4 Å². The SMILES string of the molecule is CCCCn1c(S[C@H](CC)C(=O)O)nc2c(N)ncnc21. The number of hydrogen-bond donors (Lipinski definition) is 2. The molecule has 0 saturated heterocycles. The molecule has 0 radical (unpaired) electrons. The lowest BCUT2D eigenvalue weighted by Gasteiger charge is -2.11. The van der Waals surface area contributed by atoms with Crippen molar-refractivity contribution >= 4 is 34.7 Å². The fraction of sp³-hybridized carbons (Fsp3) is 0.538. The minimum absolute atomic E-state index is 0.320. The first-order valence-electron chi connectivity index (χ1n) is 6.94. The van der Waals surface area contributed by atoms with E-state index >= 15 is 0 Å². The zero-order chi connectivity index (χ0) is 15.4. The number of rotatable bonds is 7. The zero-order valence-electron chi connectivity index (χ0n) is 12.1. The van der Waals surface area contributed by atoms with Crippen LogP contribution in [0.2, 0.25) is 0 Å². The molecule has 0 bridgehead atoms. The Hall–Kier alpha value is -1.83. The predicted molar refractivity (Wildman–Crippen MR) is 82.2 cm³/mol. The minimum Gasteiger partial charge on any atom is -0.480 e. The van der Waals surface area contributed by atoms with E-state index in [1.807, 2.05) is 11.5 Å². The lowest BCUT2D eigenvalue weighted by molar-refractivity contribution is -0.136. The molecule has 114 valence electrons. The van der Waals surface area contributed by atoms with E-state index in [1.54, 1.807) is 0 Å². The number of hydrogen-bond acceptors (Lipinski definition) is 6. The molecule has 0 fully saturated rings. The van der Waals surface area contributed by atoms with Gasteiger partial charge in [-0.05, 0) is 12.8 Å². The van der Waals surface area contributed by atoms with Crippen molar-refractivity contribution in [3.63, 3.8) is 0 Å². The summed E-state index contributed by atoms with van der Waals surface area (Å²) in [6.45, 7) is 4.68. The van der Waals surface area contributed by atoms with Crippen LogP contribution in [0.15, 0.2) is 11.5 Å². The highest BCUT2D eigenvalue weighted by molar-refractivity contribution is 8.00. The van der Waals surface area contributed by atoms with Crippen LogP contribution < -0.4 is 5.73 Å². The van der Waals surface area contributed by atoms with Crippen LogP contribution in [-0.2, 0) is 11.3 Å². The molecule has 2 aromatic rings. The Labute approximate surface area is 127 Å². The van der Waals surface area contributed by atoms with Crippen molar-refractivity contribution in [2.75, 3.05) is 5.73 Å². The average Bonchev–Trinajstić information content (AvgIpc) is 2.81. The van der Waals surface area contributed by atoms with Gasteiger partial charge in [-0.3, -0.25) is 4.79 Å². The van der Waals surface area contributed by atoms with Crippen LogP contribution in [0.4, 0.5) is 5.82 Å². The van der Waals surface area contributed by atoms with E-state index in [9.17, 15) is 9.90 Å². The van der Waals surface area contributed by atoms with Crippen LogP contribution in [0.3, 0.4) is 0 Å². The Morgan fingerprint density at radius 3 is 2.86 bits per heavy atom. The van der Waals surface area contributed by atoms with Gasteiger partial charge in [-0.2, -0.15) is 0 Å². The molecular weight excluding hydrogens is 290 g/mol. The Kier molecular flexibility index (Phi) is 5.00. The molecule has 2 aromatic heterocycles. The molecule has 7 nitrogen and oxygen atoms in total. The summed E-state index contributed by atoms with van der Waals surface area (Å²) in [4.78, 5) is 23.9. The topological polar surface area (TPSA) is 107 Å². The van der Waals surface area contributed by atoms with Crippen molar-refractivity contribution in [3.05, 3.63) is 6.33 Å². The van der Waals surface area contributed by atoms with Crippen molar-refractivity contribution < 1.29 is 9.90 Å². The lowest BCUT2D eigenvalue weighted by atomic mass is 10.3. The normalized spacial score (nSPS) is 12.7. The Balaban J connectivity index is 2.45. The summed E-state index contributed by atoms with van der Waals surface area (Å²) >= 11 is 1.24. The number of nitrogens with two attached hydrogens (primary N) is 1. The summed E-state index contributed by atoms with van der Waals surface area (Å²) in [6, 6.07) is 0. The van der Waals surface area contributed by atoms with E-state index in [1.165, 1.54) is 18.1 Å². The maximum absolute atomic E-state index is 11.2. The third-order valence-electron chi connectivity index (χ3n) is 3.15. The van der Waals surface area contributed by atoms with Gasteiger partial charge in [0.15, 0.2) is 22.1 Å². The van der Waals surface area contributed by atoms with Gasteiger partial charge in [0.2, 0.25) is 0 Å². The molecule has 21 heavy (non-hydrogen) atoms. The first-order chi connectivity index (χ1) is 10.1. The molecule has 0 amide bonds. The van der Waals surface area contributed by atoms with E-state index in [4.69, 9.17) is 5.73 Å². The van der Waals surface area contributed by atoms with Crippen molar-refractivity contribution in [2.45, 2.75) is 50.1 Å². The van der Waals surface area contributed by atoms with Gasteiger partial charge in [0, 0.05) is 6.54 Å². The number of anilines is 1. The van der Waals surface area contributed by atoms with Gasteiger partial charge in [-0.15, -0.1) is 0 Å². The second kappa shape index (κ2) is 6.75. The predicted octanol–water partition coefficient (Wildman–Crippen LogP) is 2.16. The summed E-state index contributed by atoms with van der Waals surface area (Å²) in [6.07, 6.45) is 3.93. The van der Waals surface area contributed by atoms with Gasteiger partial charge in [-0.25, -0.2) is 15.0 Å². The number of carboxylic acid groups (broad SMARTS) is 1. The number of aryl methyl sites for hydroxylation is 1. The highest BCUT2D eigenvalue weighted by Gasteiger charge is 2.22. The van der Waals surface area contributed by atoms with Crippen LogP contribution in [-0.4, -0.2) is 35.8 Å². The summed E-state index contributed by atoms with van der Waals surface area (Å²) in [7, 11) is 0. The molecule has 1 atom stereocenters. The largest absolute Gasteiger partial charge is 0.480 e. The van der Waals surface area contributed by atoms with Crippen LogP contribution in [0.25, 0.3) is 11.2 Å². The average molecular weight is 309 g/mol. The molecule has 2 heterocycles. The summed E-state index contributed by atoms with van der Waals surface area (Å²) in [5.74, 6) is -0.517. The first kappa shape index (κ1) is 15.6. The number of unbranched alkanes of at least 4 members (excludes halogenated alkanes) is 1. The third kappa shape index (κ3) is 3.26. The highest BCUT2D eigenvalue weighted by Crippen LogP contribution is 2.29. The summed E-state index contributed by atoms with van der Waals surface area (Å²) < 4.78 is 1.94. The number of nitrogens with zero attached hydrogens (tertiary/aromatic N) is 4.